The fourth-order valence-electron chi connectivity index (χ4n) is 4.36. The quantitative estimate of drug-likeness (QED) is 0.153. The normalized spacial score (nSPS) is 11.4. The molecule has 0 unspecified atom stereocenters. The summed E-state index contributed by atoms with van der Waals surface area (Å²) in [4.78, 5) is 29.2. The number of amides is 2. The van der Waals surface area contributed by atoms with Gasteiger partial charge in [0.2, 0.25) is 11.9 Å². The number of aromatic nitrogens is 3. The van der Waals surface area contributed by atoms with E-state index in [0.29, 0.717) is 16.9 Å². The molecule has 3 N–H and O–H groups in total. The van der Waals surface area contributed by atoms with Crippen molar-refractivity contribution in [3.63, 3.8) is 0 Å². The molecule has 0 spiro atoms. The van der Waals surface area contributed by atoms with Crippen LogP contribution < -0.4 is 20.7 Å². The first kappa shape index (κ1) is 31.0. The van der Waals surface area contributed by atoms with Crippen LogP contribution in [0.3, 0.4) is 0 Å². The number of hydrogen-bond donors (Lipinski definition) is 3. The van der Waals surface area contributed by atoms with Gasteiger partial charge in [0, 0.05) is 29.1 Å². The van der Waals surface area contributed by atoms with Crippen LogP contribution in [0, 0.1) is 5.82 Å². The van der Waals surface area contributed by atoms with Gasteiger partial charge in [0.1, 0.15) is 11.6 Å². The Morgan fingerprint density at radius 3 is 2.33 bits per heavy atom. The third kappa shape index (κ3) is 8.34. The zero-order valence-corrected chi connectivity index (χ0v) is 24.2. The van der Waals surface area contributed by atoms with Crippen LogP contribution in [0.2, 0.25) is 0 Å². The molecule has 5 aromatic rings. The van der Waals surface area contributed by atoms with E-state index in [-0.39, 0.29) is 47.1 Å². The van der Waals surface area contributed by atoms with Crippen molar-refractivity contribution >= 4 is 34.8 Å². The lowest BCUT2D eigenvalue weighted by atomic mass is 10.1. The number of hydrogen-bond acceptors (Lipinski definition) is 6. The predicted molar refractivity (Wildman–Crippen MR) is 161 cm³/mol. The molecule has 2 aromatic heterocycles. The van der Waals surface area contributed by atoms with Crippen molar-refractivity contribution in [3.8, 4) is 16.9 Å². The van der Waals surface area contributed by atoms with E-state index in [4.69, 9.17) is 4.74 Å². The van der Waals surface area contributed by atoms with Crippen molar-refractivity contribution in [3.05, 3.63) is 102 Å². The van der Waals surface area contributed by atoms with Crippen LogP contribution in [0.1, 0.15) is 29.8 Å². The molecule has 0 radical (unpaired) electrons. The molecule has 0 aliphatic rings. The van der Waals surface area contributed by atoms with Gasteiger partial charge in [-0.2, -0.15) is 18.2 Å². The van der Waals surface area contributed by atoms with E-state index in [1.54, 1.807) is 50.4 Å². The van der Waals surface area contributed by atoms with Gasteiger partial charge in [-0.05, 0) is 79.6 Å². The van der Waals surface area contributed by atoms with Gasteiger partial charge in [-0.3, -0.25) is 9.59 Å². The third-order valence-corrected chi connectivity index (χ3v) is 6.41. The highest BCUT2D eigenvalue weighted by Gasteiger charge is 2.29. The highest BCUT2D eigenvalue weighted by Crippen LogP contribution is 2.31. The molecule has 45 heavy (non-hydrogen) atoms. The number of nitrogens with one attached hydrogen (secondary N) is 3. The van der Waals surface area contributed by atoms with Crippen LogP contribution in [0.15, 0.2) is 85.1 Å². The smallest absolute Gasteiger partial charge is 0.422 e. The van der Waals surface area contributed by atoms with Crippen LogP contribution in [0.5, 0.6) is 5.75 Å². The fraction of sp³-hybridized carbons (Fsp3) is 0.188. The minimum absolute atomic E-state index is 0.0996. The highest BCUT2D eigenvalue weighted by atomic mass is 19.4. The van der Waals surface area contributed by atoms with Crippen molar-refractivity contribution in [2.45, 2.75) is 32.5 Å². The zero-order chi connectivity index (χ0) is 32.1. The van der Waals surface area contributed by atoms with Crippen LogP contribution in [0.25, 0.3) is 16.8 Å². The predicted octanol–water partition coefficient (Wildman–Crippen LogP) is 6.54. The molecule has 2 amide bonds. The van der Waals surface area contributed by atoms with E-state index in [9.17, 15) is 27.2 Å². The number of alkyl halides is 3. The summed E-state index contributed by atoms with van der Waals surface area (Å²) in [5.74, 6) is -1.14. The van der Waals surface area contributed by atoms with Crippen molar-refractivity contribution < 1.29 is 31.9 Å². The molecule has 9 nitrogen and oxygen atoms in total. The maximum absolute atomic E-state index is 13.1. The van der Waals surface area contributed by atoms with Crippen LogP contribution in [-0.2, 0) is 11.2 Å². The SMILES string of the molecule is CC(C)NC(=O)c1ccc(Nc2nc3ccc(-c4ccc(NC(=O)Cc5ccc(F)cc5)cc4)cn3n2)c(OCC(F)(F)F)c1. The van der Waals surface area contributed by atoms with Gasteiger partial charge in [-0.1, -0.05) is 24.3 Å². The first-order valence-electron chi connectivity index (χ1n) is 13.8. The number of ether oxygens (including phenoxy) is 1. The Bertz CT molecular complexity index is 1820. The molecule has 0 saturated carbocycles. The van der Waals surface area contributed by atoms with E-state index in [2.05, 4.69) is 26.0 Å². The molecule has 5 rings (SSSR count). The number of benzene rings is 3. The molecule has 0 bridgehead atoms. The Kier molecular flexibility index (Phi) is 8.98. The highest BCUT2D eigenvalue weighted by molar-refractivity contribution is 5.95. The lowest BCUT2D eigenvalue weighted by molar-refractivity contribution is -0.153. The summed E-state index contributed by atoms with van der Waals surface area (Å²) in [5, 5.41) is 12.8. The van der Waals surface area contributed by atoms with E-state index in [1.807, 2.05) is 18.2 Å². The first-order chi connectivity index (χ1) is 21.4. The molecule has 0 fully saturated rings. The second kappa shape index (κ2) is 13.0. The summed E-state index contributed by atoms with van der Waals surface area (Å²) in [6.07, 6.45) is -2.75. The number of rotatable bonds is 10. The van der Waals surface area contributed by atoms with Gasteiger partial charge in [-0.15, -0.1) is 5.10 Å². The van der Waals surface area contributed by atoms with Crippen molar-refractivity contribution in [2.24, 2.45) is 0 Å². The molecule has 0 aliphatic heterocycles. The topological polar surface area (TPSA) is 110 Å². The van der Waals surface area contributed by atoms with E-state index >= 15 is 0 Å². The van der Waals surface area contributed by atoms with Crippen LogP contribution in [0.4, 0.5) is 34.9 Å². The average molecular weight is 621 g/mol. The molecular weight excluding hydrogens is 592 g/mol. The number of anilines is 3. The largest absolute Gasteiger partial charge is 0.482 e. The summed E-state index contributed by atoms with van der Waals surface area (Å²) >= 11 is 0. The zero-order valence-electron chi connectivity index (χ0n) is 24.2. The minimum atomic E-state index is -4.58. The molecule has 0 atom stereocenters. The molecule has 0 saturated heterocycles. The van der Waals surface area contributed by atoms with E-state index in [0.717, 1.165) is 11.1 Å². The molecule has 232 valence electrons. The number of nitrogens with zero attached hydrogens (tertiary/aromatic N) is 3. The Hall–Kier alpha value is -5.46. The van der Waals surface area contributed by atoms with Crippen molar-refractivity contribution in [2.75, 3.05) is 17.2 Å². The second-order valence-corrected chi connectivity index (χ2v) is 10.5. The lowest BCUT2D eigenvalue weighted by Gasteiger charge is -2.15. The summed E-state index contributed by atoms with van der Waals surface area (Å²) in [5.41, 5.74) is 3.66. The molecule has 0 aliphatic carbocycles. The van der Waals surface area contributed by atoms with Crippen molar-refractivity contribution in [1.82, 2.24) is 19.9 Å². The number of halogens is 4. The Labute approximate surface area is 255 Å². The summed E-state index contributed by atoms with van der Waals surface area (Å²) < 4.78 is 58.4. The van der Waals surface area contributed by atoms with Crippen LogP contribution >= 0.6 is 0 Å². The maximum Gasteiger partial charge on any atom is 0.422 e. The number of fused-ring (bicyclic) bond motifs is 1. The van der Waals surface area contributed by atoms with Crippen molar-refractivity contribution in [1.29, 1.82) is 0 Å². The molecule has 13 heteroatoms. The summed E-state index contributed by atoms with van der Waals surface area (Å²) in [7, 11) is 0. The van der Waals surface area contributed by atoms with Gasteiger partial charge >= 0.3 is 6.18 Å². The van der Waals surface area contributed by atoms with Gasteiger partial charge in [0.25, 0.3) is 5.91 Å². The van der Waals surface area contributed by atoms with E-state index in [1.165, 1.54) is 34.8 Å². The minimum Gasteiger partial charge on any atom is -0.482 e. The van der Waals surface area contributed by atoms with Crippen LogP contribution in [-0.4, -0.2) is 45.2 Å². The lowest BCUT2D eigenvalue weighted by Crippen LogP contribution is -2.30. The van der Waals surface area contributed by atoms with Gasteiger partial charge in [0.15, 0.2) is 12.3 Å². The molecule has 2 heterocycles. The Balaban J connectivity index is 1.30. The van der Waals surface area contributed by atoms with Gasteiger partial charge in [-0.25, -0.2) is 8.91 Å². The maximum atomic E-state index is 13.1. The summed E-state index contributed by atoms with van der Waals surface area (Å²) in [6, 6.07) is 20.4. The standard InChI is InChI=1S/C32H28F4N6O3/c1-19(2)37-30(44)22-7-13-26(27(16-22)45-18-32(34,35)36)39-31-40-28-14-8-23(17-42(28)41-31)21-5-11-25(12-6-21)38-29(43)15-20-3-9-24(33)10-4-20/h3-14,16-17,19H,15,18H2,1-2H3,(H,37,44)(H,38,43)(H,39,41). The van der Waals surface area contributed by atoms with Gasteiger partial charge < -0.3 is 20.7 Å². The number of pyridine rings is 1. The molecular formula is C32H28F4N6O3. The second-order valence-electron chi connectivity index (χ2n) is 10.5. The van der Waals surface area contributed by atoms with E-state index < -0.39 is 18.7 Å². The number of carbonyl (C=O) groups is 2. The Morgan fingerprint density at radius 1 is 0.933 bits per heavy atom. The Morgan fingerprint density at radius 2 is 1.64 bits per heavy atom. The number of carbonyl (C=O) groups excluding carboxylic acids is 2. The monoisotopic (exact) mass is 620 g/mol. The third-order valence-electron chi connectivity index (χ3n) is 6.41. The molecule has 3 aromatic carbocycles. The average Bonchev–Trinajstić information content (AvgIpc) is 3.39. The fourth-order valence-corrected chi connectivity index (χ4v) is 4.36. The summed E-state index contributed by atoms with van der Waals surface area (Å²) in [6.45, 7) is 1.99. The first-order valence-corrected chi connectivity index (χ1v) is 13.8. The van der Waals surface area contributed by atoms with Gasteiger partial charge in [0.05, 0.1) is 12.1 Å².